The fraction of sp³-hybridized carbons (Fsp3) is 0.778. The van der Waals surface area contributed by atoms with Crippen LogP contribution in [0.2, 0.25) is 0 Å². The zero-order chi connectivity index (χ0) is 22.1. The topological polar surface area (TPSA) is 60.7 Å². The van der Waals surface area contributed by atoms with Gasteiger partial charge in [-0.2, -0.15) is 0 Å². The first-order chi connectivity index (χ1) is 14.1. The molecule has 0 heterocycles. The highest BCUT2D eigenvalue weighted by molar-refractivity contribution is 5.37. The first-order valence-electron chi connectivity index (χ1n) is 12.3. The third-order valence-corrected chi connectivity index (χ3v) is 8.68. The summed E-state index contributed by atoms with van der Waals surface area (Å²) in [6, 6.07) is 0. The molecule has 3 aliphatic carbocycles. The highest BCUT2D eigenvalue weighted by atomic mass is 16.3. The summed E-state index contributed by atoms with van der Waals surface area (Å²) in [5, 5.41) is 30.5. The van der Waals surface area contributed by atoms with E-state index in [1.54, 1.807) is 0 Å². The smallest absolute Gasteiger partial charge is 0.0777 e. The molecule has 1 fully saturated rings. The van der Waals surface area contributed by atoms with Crippen LogP contribution in [0, 0.1) is 29.1 Å². The fourth-order valence-corrected chi connectivity index (χ4v) is 6.49. The molecule has 7 atom stereocenters. The number of hydrogen-bond donors (Lipinski definition) is 3. The van der Waals surface area contributed by atoms with Gasteiger partial charge in [0.15, 0.2) is 0 Å². The van der Waals surface area contributed by atoms with Gasteiger partial charge in [-0.25, -0.2) is 0 Å². The lowest BCUT2D eigenvalue weighted by molar-refractivity contribution is 0.0786. The van der Waals surface area contributed by atoms with Crippen LogP contribution in [-0.4, -0.2) is 33.6 Å². The van der Waals surface area contributed by atoms with Crippen molar-refractivity contribution < 1.29 is 15.3 Å². The Morgan fingerprint density at radius 2 is 1.87 bits per heavy atom. The van der Waals surface area contributed by atoms with Gasteiger partial charge in [0.05, 0.1) is 18.3 Å². The highest BCUT2D eigenvalue weighted by Gasteiger charge is 2.49. The van der Waals surface area contributed by atoms with Gasteiger partial charge in [-0.05, 0) is 97.7 Å². The van der Waals surface area contributed by atoms with Gasteiger partial charge in [-0.3, -0.25) is 0 Å². The normalized spacial score (nSPS) is 36.9. The van der Waals surface area contributed by atoms with Gasteiger partial charge in [0.2, 0.25) is 0 Å². The molecule has 0 spiro atoms. The largest absolute Gasteiger partial charge is 0.393 e. The monoisotopic (exact) mass is 416 g/mol. The number of aliphatic hydroxyl groups is 3. The number of hydrogen-bond acceptors (Lipinski definition) is 3. The Hall–Kier alpha value is -0.900. The summed E-state index contributed by atoms with van der Waals surface area (Å²) >= 11 is 0. The highest BCUT2D eigenvalue weighted by Crippen LogP contribution is 2.58. The maximum Gasteiger partial charge on any atom is 0.0777 e. The van der Waals surface area contributed by atoms with Crippen LogP contribution in [0.5, 0.6) is 0 Å². The summed E-state index contributed by atoms with van der Waals surface area (Å²) < 4.78 is 0. The van der Waals surface area contributed by atoms with Crippen LogP contribution in [0.25, 0.3) is 0 Å². The van der Waals surface area contributed by atoms with Gasteiger partial charge >= 0.3 is 0 Å². The molecule has 0 aromatic rings. The Labute approximate surface area is 184 Å². The Kier molecular flexibility index (Phi) is 7.69. The Morgan fingerprint density at radius 1 is 1.13 bits per heavy atom. The molecule has 3 heteroatoms. The molecule has 3 aliphatic rings. The molecule has 0 radical (unpaired) electrons. The van der Waals surface area contributed by atoms with Crippen LogP contribution in [-0.2, 0) is 0 Å². The summed E-state index contributed by atoms with van der Waals surface area (Å²) in [5.41, 5.74) is 3.90. The van der Waals surface area contributed by atoms with Crippen molar-refractivity contribution in [1.29, 1.82) is 0 Å². The van der Waals surface area contributed by atoms with Crippen LogP contribution >= 0.6 is 0 Å². The lowest BCUT2D eigenvalue weighted by Gasteiger charge is -2.43. The molecule has 3 nitrogen and oxygen atoms in total. The first-order valence-corrected chi connectivity index (χ1v) is 12.3. The van der Waals surface area contributed by atoms with E-state index in [4.69, 9.17) is 0 Å². The predicted octanol–water partition coefficient (Wildman–Crippen LogP) is 5.56. The van der Waals surface area contributed by atoms with Gasteiger partial charge in [-0.15, -0.1) is 0 Å². The number of aliphatic hydroxyl groups excluding tert-OH is 3. The molecule has 1 saturated carbocycles. The summed E-state index contributed by atoms with van der Waals surface area (Å²) in [6.45, 7) is 11.1. The lowest BCUT2D eigenvalue weighted by Crippen LogP contribution is -2.35. The van der Waals surface area contributed by atoms with E-state index in [2.05, 4.69) is 45.9 Å². The number of allylic oxidation sites excluding steroid dienone is 4. The summed E-state index contributed by atoms with van der Waals surface area (Å²) in [7, 11) is 0. The standard InChI is InChI=1S/C27H44O3/c1-17(2)25(29)13-8-18(3)23-11-12-24-20(7-6-14-27(23,24)5)9-10-21-15-22(28)16-26(30)19(21)4/h7,9-10,17-18,22-26,28-30H,6,8,11-16H2,1-5H3/b10-9+/t18-,22-,23-,24+,25+,26-,27-/m1/s1. The SMILES string of the molecule is CC1=C(/C=C/C2=CCC[C@]3(C)[C@@H]([C@H](C)CC[C@H](O)C(C)C)CC[C@@H]23)C[C@@H](O)C[C@H]1O. The van der Waals surface area contributed by atoms with Crippen molar-refractivity contribution in [2.75, 3.05) is 0 Å². The molecule has 0 unspecified atom stereocenters. The van der Waals surface area contributed by atoms with E-state index in [1.165, 1.54) is 24.8 Å². The van der Waals surface area contributed by atoms with Gasteiger partial charge < -0.3 is 15.3 Å². The minimum Gasteiger partial charge on any atom is -0.393 e. The van der Waals surface area contributed by atoms with E-state index in [-0.39, 0.29) is 6.10 Å². The molecule has 30 heavy (non-hydrogen) atoms. The summed E-state index contributed by atoms with van der Waals surface area (Å²) in [4.78, 5) is 0. The molecule has 0 amide bonds. The molecule has 0 bridgehead atoms. The molecular weight excluding hydrogens is 372 g/mol. The van der Waals surface area contributed by atoms with Gasteiger partial charge in [0.25, 0.3) is 0 Å². The fourth-order valence-electron chi connectivity index (χ4n) is 6.49. The van der Waals surface area contributed by atoms with Crippen LogP contribution < -0.4 is 0 Å². The van der Waals surface area contributed by atoms with Crippen molar-refractivity contribution in [3.63, 3.8) is 0 Å². The van der Waals surface area contributed by atoms with Crippen molar-refractivity contribution in [2.45, 2.75) is 104 Å². The van der Waals surface area contributed by atoms with Crippen molar-refractivity contribution in [3.05, 3.63) is 34.9 Å². The van der Waals surface area contributed by atoms with E-state index in [1.807, 2.05) is 6.92 Å². The molecule has 0 aromatic carbocycles. The molecule has 3 N–H and O–H groups in total. The van der Waals surface area contributed by atoms with Crippen molar-refractivity contribution >= 4 is 0 Å². The zero-order valence-corrected chi connectivity index (χ0v) is 19.8. The third kappa shape index (κ3) is 4.95. The Bertz CT molecular complexity index is 688. The van der Waals surface area contributed by atoms with Crippen molar-refractivity contribution in [3.8, 4) is 0 Å². The van der Waals surface area contributed by atoms with Crippen LogP contribution in [0.4, 0.5) is 0 Å². The number of fused-ring (bicyclic) bond motifs is 1. The average Bonchev–Trinajstić information content (AvgIpc) is 3.04. The van der Waals surface area contributed by atoms with Crippen molar-refractivity contribution in [2.24, 2.45) is 29.1 Å². The maximum absolute atomic E-state index is 10.3. The van der Waals surface area contributed by atoms with E-state index >= 15 is 0 Å². The second-order valence-corrected chi connectivity index (χ2v) is 11.0. The molecule has 3 rings (SSSR count). The molecule has 0 aromatic heterocycles. The second kappa shape index (κ2) is 9.71. The molecule has 0 saturated heterocycles. The minimum absolute atomic E-state index is 0.181. The molecular formula is C27H44O3. The van der Waals surface area contributed by atoms with Gasteiger partial charge in [0.1, 0.15) is 0 Å². The minimum atomic E-state index is -0.517. The molecule has 170 valence electrons. The van der Waals surface area contributed by atoms with E-state index < -0.39 is 12.2 Å². The summed E-state index contributed by atoms with van der Waals surface area (Å²) in [5.74, 6) is 2.31. The van der Waals surface area contributed by atoms with Gasteiger partial charge in [0, 0.05) is 6.42 Å². The summed E-state index contributed by atoms with van der Waals surface area (Å²) in [6.07, 6.45) is 13.8. The van der Waals surface area contributed by atoms with E-state index in [0.717, 1.165) is 36.3 Å². The van der Waals surface area contributed by atoms with Crippen LogP contribution in [0.1, 0.15) is 86.0 Å². The number of rotatable bonds is 7. The van der Waals surface area contributed by atoms with Crippen LogP contribution in [0.3, 0.4) is 0 Å². The Morgan fingerprint density at radius 3 is 2.57 bits per heavy atom. The second-order valence-electron chi connectivity index (χ2n) is 11.0. The lowest BCUT2D eigenvalue weighted by atomic mass is 9.62. The van der Waals surface area contributed by atoms with E-state index in [0.29, 0.717) is 36.0 Å². The first kappa shape index (κ1) is 23.8. The molecule has 0 aliphatic heterocycles. The quantitative estimate of drug-likeness (QED) is 0.509. The Balaban J connectivity index is 1.70. The van der Waals surface area contributed by atoms with Gasteiger partial charge in [-0.1, -0.05) is 45.9 Å². The maximum atomic E-state index is 10.3. The zero-order valence-electron chi connectivity index (χ0n) is 19.8. The van der Waals surface area contributed by atoms with E-state index in [9.17, 15) is 15.3 Å². The predicted molar refractivity (Wildman–Crippen MR) is 124 cm³/mol. The van der Waals surface area contributed by atoms with Crippen molar-refractivity contribution in [1.82, 2.24) is 0 Å². The van der Waals surface area contributed by atoms with Crippen LogP contribution in [0.15, 0.2) is 34.9 Å². The average molecular weight is 417 g/mol. The third-order valence-electron chi connectivity index (χ3n) is 8.68.